The highest BCUT2D eigenvalue weighted by Crippen LogP contribution is 2.30. The van der Waals surface area contributed by atoms with Gasteiger partial charge in [-0.1, -0.05) is 25.4 Å². The van der Waals surface area contributed by atoms with E-state index in [2.05, 4.69) is 29.1 Å². The second-order valence-electron chi connectivity index (χ2n) is 5.13. The van der Waals surface area contributed by atoms with Crippen LogP contribution in [0, 0.1) is 5.92 Å². The van der Waals surface area contributed by atoms with E-state index < -0.39 is 0 Å². The minimum absolute atomic E-state index is 0.633. The third-order valence-corrected chi connectivity index (χ3v) is 3.15. The third-order valence-electron chi connectivity index (χ3n) is 2.92. The Morgan fingerprint density at radius 3 is 2.90 bits per heavy atom. The van der Waals surface area contributed by atoms with E-state index in [0.29, 0.717) is 16.7 Å². The molecule has 0 atom stereocenters. The quantitative estimate of drug-likeness (QED) is 0.857. The molecule has 0 aliphatic rings. The fourth-order valence-corrected chi connectivity index (χ4v) is 2.10. The highest BCUT2D eigenvalue weighted by molar-refractivity contribution is 6.30. The third kappa shape index (κ3) is 3.74. The Hall–Kier alpha value is -1.52. The molecule has 1 aromatic carbocycles. The number of ether oxygens (including phenoxy) is 1. The molecule has 0 aliphatic heterocycles. The van der Waals surface area contributed by atoms with Crippen molar-refractivity contribution in [3.63, 3.8) is 0 Å². The Kier molecular flexibility index (Phi) is 5.04. The Morgan fingerprint density at radius 2 is 2.20 bits per heavy atom. The summed E-state index contributed by atoms with van der Waals surface area (Å²) >= 11 is 5.97. The summed E-state index contributed by atoms with van der Waals surface area (Å²) in [7, 11) is 1.63. The van der Waals surface area contributed by atoms with Gasteiger partial charge < -0.3 is 15.0 Å². The zero-order valence-corrected chi connectivity index (χ0v) is 12.8. The number of benzene rings is 1. The maximum atomic E-state index is 5.97. The van der Waals surface area contributed by atoms with Gasteiger partial charge in [-0.2, -0.15) is 0 Å². The average molecular weight is 294 g/mol. The normalized spacial score (nSPS) is 11.1. The average Bonchev–Trinajstić information content (AvgIpc) is 2.86. The Labute approximate surface area is 124 Å². The van der Waals surface area contributed by atoms with Crippen molar-refractivity contribution >= 4 is 11.6 Å². The van der Waals surface area contributed by atoms with E-state index in [1.165, 1.54) is 0 Å². The minimum Gasteiger partial charge on any atom is -0.496 e. The van der Waals surface area contributed by atoms with E-state index in [1.807, 2.05) is 18.3 Å². The van der Waals surface area contributed by atoms with Crippen molar-refractivity contribution in [3.8, 4) is 17.1 Å². The molecule has 2 aromatic rings. The lowest BCUT2D eigenvalue weighted by Gasteiger charge is -2.07. The van der Waals surface area contributed by atoms with Crippen LogP contribution >= 0.6 is 11.6 Å². The summed E-state index contributed by atoms with van der Waals surface area (Å²) in [4.78, 5) is 7.70. The van der Waals surface area contributed by atoms with Gasteiger partial charge in [0.15, 0.2) is 0 Å². The molecule has 0 fully saturated rings. The largest absolute Gasteiger partial charge is 0.496 e. The van der Waals surface area contributed by atoms with Crippen LogP contribution in [0.5, 0.6) is 5.75 Å². The number of imidazole rings is 1. The fourth-order valence-electron chi connectivity index (χ4n) is 1.94. The molecule has 2 N–H and O–H groups in total. The van der Waals surface area contributed by atoms with E-state index in [1.54, 1.807) is 13.2 Å². The van der Waals surface area contributed by atoms with Gasteiger partial charge in [0.2, 0.25) is 0 Å². The first-order valence-electron chi connectivity index (χ1n) is 6.68. The summed E-state index contributed by atoms with van der Waals surface area (Å²) < 4.78 is 5.34. The number of nitrogens with zero attached hydrogens (tertiary/aromatic N) is 1. The maximum absolute atomic E-state index is 5.97. The first kappa shape index (κ1) is 14.9. The second-order valence-corrected chi connectivity index (χ2v) is 5.56. The number of hydrogen-bond donors (Lipinski definition) is 2. The van der Waals surface area contributed by atoms with Crippen molar-refractivity contribution in [1.29, 1.82) is 0 Å². The lowest BCUT2D eigenvalue weighted by Crippen LogP contribution is -2.19. The minimum atomic E-state index is 0.633. The number of hydrogen-bond acceptors (Lipinski definition) is 3. The van der Waals surface area contributed by atoms with Crippen LogP contribution < -0.4 is 10.1 Å². The molecule has 0 saturated heterocycles. The molecule has 1 aromatic heterocycles. The topological polar surface area (TPSA) is 49.9 Å². The first-order chi connectivity index (χ1) is 9.60. The van der Waals surface area contributed by atoms with Crippen LogP contribution in [0.15, 0.2) is 24.4 Å². The molecule has 0 radical (unpaired) electrons. The van der Waals surface area contributed by atoms with Gasteiger partial charge in [-0.15, -0.1) is 0 Å². The van der Waals surface area contributed by atoms with Crippen LogP contribution in [0.4, 0.5) is 0 Å². The molecule has 0 saturated carbocycles. The molecule has 20 heavy (non-hydrogen) atoms. The molecule has 0 unspecified atom stereocenters. The van der Waals surface area contributed by atoms with Gasteiger partial charge in [0, 0.05) is 23.5 Å². The maximum Gasteiger partial charge on any atom is 0.141 e. The molecule has 0 amide bonds. The van der Waals surface area contributed by atoms with Crippen molar-refractivity contribution in [1.82, 2.24) is 15.3 Å². The van der Waals surface area contributed by atoms with E-state index in [9.17, 15) is 0 Å². The molecule has 108 valence electrons. The van der Waals surface area contributed by atoms with Crippen LogP contribution in [0.3, 0.4) is 0 Å². The standard InChI is InChI=1S/C15H20ClN3O/c1-10(2)7-17-8-12-9-18-15(19-12)13-5-4-11(16)6-14(13)20-3/h4-6,9-10,17H,7-8H2,1-3H3,(H,18,19). The van der Waals surface area contributed by atoms with Crippen molar-refractivity contribution in [2.24, 2.45) is 5.92 Å². The smallest absolute Gasteiger partial charge is 0.141 e. The van der Waals surface area contributed by atoms with E-state index >= 15 is 0 Å². The zero-order valence-electron chi connectivity index (χ0n) is 12.0. The summed E-state index contributed by atoms with van der Waals surface area (Å²) in [5, 5.41) is 4.03. The number of methoxy groups -OCH3 is 1. The van der Waals surface area contributed by atoms with Crippen LogP contribution in [-0.4, -0.2) is 23.6 Å². The fraction of sp³-hybridized carbons (Fsp3) is 0.400. The molecule has 0 bridgehead atoms. The lowest BCUT2D eigenvalue weighted by molar-refractivity contribution is 0.416. The second kappa shape index (κ2) is 6.77. The molecule has 0 spiro atoms. The number of rotatable bonds is 6. The number of halogens is 1. The first-order valence-corrected chi connectivity index (χ1v) is 7.06. The van der Waals surface area contributed by atoms with Gasteiger partial charge in [-0.25, -0.2) is 4.98 Å². The predicted octanol–water partition coefficient (Wildman–Crippen LogP) is 3.48. The molecular formula is C15H20ClN3O. The van der Waals surface area contributed by atoms with Gasteiger partial charge in [0.1, 0.15) is 11.6 Å². The van der Waals surface area contributed by atoms with Gasteiger partial charge in [-0.05, 0) is 30.7 Å². The molecule has 5 heteroatoms. The SMILES string of the molecule is COc1cc(Cl)ccc1-c1ncc(CNCC(C)C)[nH]1. The molecular weight excluding hydrogens is 274 g/mol. The van der Waals surface area contributed by atoms with Crippen LogP contribution in [-0.2, 0) is 6.54 Å². The molecule has 4 nitrogen and oxygen atoms in total. The number of H-pyrrole nitrogens is 1. The van der Waals surface area contributed by atoms with Crippen LogP contribution in [0.25, 0.3) is 11.4 Å². The Morgan fingerprint density at radius 1 is 1.40 bits per heavy atom. The van der Waals surface area contributed by atoms with Crippen molar-refractivity contribution in [2.45, 2.75) is 20.4 Å². The lowest BCUT2D eigenvalue weighted by atomic mass is 10.2. The molecule has 0 aliphatic carbocycles. The predicted molar refractivity (Wildman–Crippen MR) is 82.1 cm³/mol. The summed E-state index contributed by atoms with van der Waals surface area (Å²) in [5.41, 5.74) is 1.96. The highest BCUT2D eigenvalue weighted by Gasteiger charge is 2.10. The molecule has 2 rings (SSSR count). The Balaban J connectivity index is 2.12. The number of aromatic amines is 1. The van der Waals surface area contributed by atoms with Gasteiger partial charge in [0.25, 0.3) is 0 Å². The van der Waals surface area contributed by atoms with E-state index in [0.717, 1.165) is 30.2 Å². The van der Waals surface area contributed by atoms with Gasteiger partial charge >= 0.3 is 0 Å². The summed E-state index contributed by atoms with van der Waals surface area (Å²) in [6, 6.07) is 5.53. The van der Waals surface area contributed by atoms with Gasteiger partial charge in [0.05, 0.1) is 12.7 Å². The van der Waals surface area contributed by atoms with E-state index in [4.69, 9.17) is 16.3 Å². The van der Waals surface area contributed by atoms with Gasteiger partial charge in [-0.3, -0.25) is 0 Å². The van der Waals surface area contributed by atoms with Crippen molar-refractivity contribution < 1.29 is 4.74 Å². The number of aromatic nitrogens is 2. The summed E-state index contributed by atoms with van der Waals surface area (Å²) in [5.74, 6) is 2.14. The zero-order chi connectivity index (χ0) is 14.5. The summed E-state index contributed by atoms with van der Waals surface area (Å²) in [6.45, 7) is 6.13. The molecule has 1 heterocycles. The van der Waals surface area contributed by atoms with Crippen LogP contribution in [0.1, 0.15) is 19.5 Å². The monoisotopic (exact) mass is 293 g/mol. The van der Waals surface area contributed by atoms with E-state index in [-0.39, 0.29) is 0 Å². The number of nitrogens with one attached hydrogen (secondary N) is 2. The Bertz CT molecular complexity index is 566. The van der Waals surface area contributed by atoms with Crippen LogP contribution in [0.2, 0.25) is 5.02 Å². The highest BCUT2D eigenvalue weighted by atomic mass is 35.5. The summed E-state index contributed by atoms with van der Waals surface area (Å²) in [6.07, 6.45) is 1.84. The van der Waals surface area contributed by atoms with Crippen molar-refractivity contribution in [2.75, 3.05) is 13.7 Å². The van der Waals surface area contributed by atoms with Crippen molar-refractivity contribution in [3.05, 3.63) is 35.1 Å².